The second-order valence-electron chi connectivity index (χ2n) is 10.1. The van der Waals surface area contributed by atoms with Crippen LogP contribution in [0.5, 0.6) is 5.88 Å². The minimum Gasteiger partial charge on any atom is -0.389 e. The number of fused-ring (bicyclic) bond motifs is 2. The van der Waals surface area contributed by atoms with E-state index in [9.17, 15) is 9.59 Å². The summed E-state index contributed by atoms with van der Waals surface area (Å²) in [5.41, 5.74) is 2.31. The van der Waals surface area contributed by atoms with Crippen molar-refractivity contribution in [3.8, 4) is 5.88 Å². The highest BCUT2D eigenvalue weighted by Crippen LogP contribution is 2.34. The van der Waals surface area contributed by atoms with E-state index in [0.29, 0.717) is 22.9 Å². The molecule has 2 heterocycles. The summed E-state index contributed by atoms with van der Waals surface area (Å²) in [6.45, 7) is 0.653. The fourth-order valence-electron chi connectivity index (χ4n) is 5.35. The van der Waals surface area contributed by atoms with Gasteiger partial charge in [-0.1, -0.05) is 90.5 Å². The number of imidazole rings is 1. The lowest BCUT2D eigenvalue weighted by atomic mass is 9.99. The molecule has 0 saturated carbocycles. The Bertz CT molecular complexity index is 1710. The summed E-state index contributed by atoms with van der Waals surface area (Å²) in [5, 5.41) is 5.45. The first-order valence-electron chi connectivity index (χ1n) is 13.6. The van der Waals surface area contributed by atoms with Crippen LogP contribution in [-0.4, -0.2) is 28.6 Å². The van der Waals surface area contributed by atoms with Crippen LogP contribution in [0.15, 0.2) is 97.1 Å². The second-order valence-corrected chi connectivity index (χ2v) is 10.5. The number of amides is 2. The Kier molecular flexibility index (Phi) is 7.44. The number of aromatic nitrogens is 2. The molecular weight excluding hydrogens is 536 g/mol. The van der Waals surface area contributed by atoms with Crippen molar-refractivity contribution in [2.45, 2.75) is 31.8 Å². The van der Waals surface area contributed by atoms with Gasteiger partial charge in [0.2, 0.25) is 5.88 Å². The van der Waals surface area contributed by atoms with Gasteiger partial charge in [-0.3, -0.25) is 14.3 Å². The van der Waals surface area contributed by atoms with E-state index in [-0.39, 0.29) is 11.8 Å². The number of carbonyl (C=O) groups is 2. The molecule has 0 bridgehead atoms. The molecule has 41 heavy (non-hydrogen) atoms. The molecular formula is C33H29ClN4O3. The quantitative estimate of drug-likeness (QED) is 0.237. The van der Waals surface area contributed by atoms with Crippen LogP contribution >= 0.6 is 11.6 Å². The predicted octanol–water partition coefficient (Wildman–Crippen LogP) is 7.18. The molecule has 1 aliphatic heterocycles. The van der Waals surface area contributed by atoms with Gasteiger partial charge in [0.05, 0.1) is 6.04 Å². The van der Waals surface area contributed by atoms with Crippen LogP contribution in [0.1, 0.15) is 46.2 Å². The maximum absolute atomic E-state index is 13.8. The third-order valence-corrected chi connectivity index (χ3v) is 7.70. The molecule has 1 unspecified atom stereocenters. The Balaban J connectivity index is 1.32. The smallest absolute Gasteiger partial charge is 0.389 e. The lowest BCUT2D eigenvalue weighted by Gasteiger charge is -2.22. The van der Waals surface area contributed by atoms with Crippen molar-refractivity contribution in [2.75, 3.05) is 11.9 Å². The Morgan fingerprint density at radius 3 is 2.41 bits per heavy atom. The van der Waals surface area contributed by atoms with Gasteiger partial charge in [-0.15, -0.1) is 0 Å². The first-order chi connectivity index (χ1) is 20.0. The van der Waals surface area contributed by atoms with Crippen LogP contribution in [0, 0.1) is 0 Å². The highest BCUT2D eigenvalue weighted by Gasteiger charge is 2.30. The average molecular weight is 565 g/mol. The van der Waals surface area contributed by atoms with Gasteiger partial charge in [0.15, 0.2) is 5.82 Å². The standard InChI is InChI=1S/C33H29ClN4O3/c1-37(31(39)27-15-9-13-22-10-5-6-14-26(22)27)30-32(38-21-8-7-16-28(38)35-30)41-33(40)36-29(23-11-3-2-4-12-23)24-17-19-25(34)20-18-24/h2-6,9-15,17-20,29H,7-8,16,21H2,1H3,(H,36,40). The van der Waals surface area contributed by atoms with E-state index in [1.165, 1.54) is 4.90 Å². The third kappa shape index (κ3) is 5.41. The van der Waals surface area contributed by atoms with Gasteiger partial charge in [0.1, 0.15) is 5.82 Å². The molecule has 4 aromatic carbocycles. The maximum Gasteiger partial charge on any atom is 0.414 e. The monoisotopic (exact) mass is 564 g/mol. The Labute approximate surface area is 243 Å². The van der Waals surface area contributed by atoms with E-state index in [2.05, 4.69) is 5.32 Å². The topological polar surface area (TPSA) is 76.5 Å². The lowest BCUT2D eigenvalue weighted by Crippen LogP contribution is -2.33. The van der Waals surface area contributed by atoms with Gasteiger partial charge in [-0.25, -0.2) is 9.78 Å². The van der Waals surface area contributed by atoms with Gasteiger partial charge in [-0.2, -0.15) is 0 Å². The van der Waals surface area contributed by atoms with E-state index < -0.39 is 12.1 Å². The normalized spacial score (nSPS) is 13.3. The third-order valence-electron chi connectivity index (χ3n) is 7.45. The lowest BCUT2D eigenvalue weighted by molar-refractivity contribution is 0.0992. The largest absolute Gasteiger partial charge is 0.414 e. The zero-order valence-corrected chi connectivity index (χ0v) is 23.3. The number of hydrogen-bond donors (Lipinski definition) is 1. The van der Waals surface area contributed by atoms with Gasteiger partial charge in [0.25, 0.3) is 5.91 Å². The summed E-state index contributed by atoms with van der Waals surface area (Å²) < 4.78 is 7.91. The van der Waals surface area contributed by atoms with Crippen LogP contribution in [0.4, 0.5) is 10.6 Å². The van der Waals surface area contributed by atoms with Crippen LogP contribution in [0.2, 0.25) is 5.02 Å². The molecule has 6 rings (SSSR count). The predicted molar refractivity (Wildman–Crippen MR) is 161 cm³/mol. The van der Waals surface area contributed by atoms with Gasteiger partial charge < -0.3 is 10.1 Å². The number of aryl methyl sites for hydroxylation is 1. The number of anilines is 1. The molecule has 8 heteroatoms. The number of nitrogens with zero attached hydrogens (tertiary/aromatic N) is 3. The molecule has 1 aliphatic rings. The molecule has 206 valence electrons. The van der Waals surface area contributed by atoms with Crippen LogP contribution in [0.25, 0.3) is 10.8 Å². The van der Waals surface area contributed by atoms with Crippen LogP contribution < -0.4 is 15.0 Å². The minimum atomic E-state index is -0.644. The molecule has 0 fully saturated rings. The molecule has 0 aliphatic carbocycles. The van der Waals surface area contributed by atoms with E-state index in [1.807, 2.05) is 83.4 Å². The second kappa shape index (κ2) is 11.5. The Morgan fingerprint density at radius 1 is 0.902 bits per heavy atom. The number of nitrogens with one attached hydrogen (secondary N) is 1. The first-order valence-corrected chi connectivity index (χ1v) is 14.0. The fraction of sp³-hybridized carbons (Fsp3) is 0.182. The first kappa shape index (κ1) is 26.6. The van der Waals surface area contributed by atoms with Gasteiger partial charge in [-0.05, 0) is 52.9 Å². The number of ether oxygens (including phenoxy) is 1. The summed E-state index contributed by atoms with van der Waals surface area (Å²) in [4.78, 5) is 33.6. The van der Waals surface area contributed by atoms with Crippen molar-refractivity contribution in [2.24, 2.45) is 0 Å². The summed E-state index contributed by atoms with van der Waals surface area (Å²) >= 11 is 6.13. The van der Waals surface area contributed by atoms with E-state index >= 15 is 0 Å². The van der Waals surface area contributed by atoms with Crippen LogP contribution in [-0.2, 0) is 13.0 Å². The highest BCUT2D eigenvalue weighted by atomic mass is 35.5. The summed E-state index contributed by atoms with van der Waals surface area (Å²) in [6, 6.07) is 29.9. The van der Waals surface area contributed by atoms with Crippen molar-refractivity contribution in [1.29, 1.82) is 0 Å². The van der Waals surface area contributed by atoms with Crippen molar-refractivity contribution in [3.05, 3.63) is 125 Å². The Morgan fingerprint density at radius 2 is 1.61 bits per heavy atom. The SMILES string of the molecule is CN(C(=O)c1cccc2ccccc12)c1nc2n(c1OC(=O)NC(c1ccccc1)c1ccc(Cl)cc1)CCCC2. The van der Waals surface area contributed by atoms with Gasteiger partial charge >= 0.3 is 6.09 Å². The number of halogens is 1. The van der Waals surface area contributed by atoms with E-state index in [4.69, 9.17) is 21.3 Å². The highest BCUT2D eigenvalue weighted by molar-refractivity contribution is 6.30. The van der Waals surface area contributed by atoms with E-state index in [0.717, 1.165) is 47.0 Å². The van der Waals surface area contributed by atoms with Crippen molar-refractivity contribution < 1.29 is 14.3 Å². The summed E-state index contributed by atoms with van der Waals surface area (Å²) in [6.07, 6.45) is 2.01. The molecule has 1 atom stereocenters. The molecule has 5 aromatic rings. The van der Waals surface area contributed by atoms with Crippen molar-refractivity contribution in [1.82, 2.24) is 14.9 Å². The average Bonchev–Trinajstić information content (AvgIpc) is 3.38. The molecule has 2 amide bonds. The Hall–Kier alpha value is -4.62. The molecule has 1 aromatic heterocycles. The number of carbonyl (C=O) groups excluding carboxylic acids is 2. The number of benzene rings is 4. The van der Waals surface area contributed by atoms with Crippen molar-refractivity contribution >= 4 is 40.2 Å². The number of hydrogen-bond acceptors (Lipinski definition) is 4. The number of rotatable bonds is 6. The summed E-state index contributed by atoms with van der Waals surface area (Å²) in [5.74, 6) is 1.14. The van der Waals surface area contributed by atoms with Gasteiger partial charge in [0, 0.05) is 30.6 Å². The molecule has 0 saturated heterocycles. The van der Waals surface area contributed by atoms with Crippen molar-refractivity contribution in [3.63, 3.8) is 0 Å². The van der Waals surface area contributed by atoms with E-state index in [1.54, 1.807) is 25.2 Å². The molecule has 0 spiro atoms. The molecule has 0 radical (unpaired) electrons. The zero-order chi connectivity index (χ0) is 28.3. The summed E-state index contributed by atoms with van der Waals surface area (Å²) in [7, 11) is 1.67. The molecule has 1 N–H and O–H groups in total. The zero-order valence-electron chi connectivity index (χ0n) is 22.6. The van der Waals surface area contributed by atoms with Crippen LogP contribution in [0.3, 0.4) is 0 Å². The maximum atomic E-state index is 13.8. The fourth-order valence-corrected chi connectivity index (χ4v) is 5.47. The molecule has 7 nitrogen and oxygen atoms in total. The minimum absolute atomic E-state index is 0.231.